The molecule has 0 aliphatic rings. The largest absolute Gasteiger partial charge is 0.508 e. The molecule has 208 valence electrons. The third kappa shape index (κ3) is 7.42. The topological polar surface area (TPSA) is 105 Å². The van der Waals surface area contributed by atoms with Crippen molar-refractivity contribution in [1.29, 1.82) is 0 Å². The summed E-state index contributed by atoms with van der Waals surface area (Å²) in [6, 6.07) is 25.6. The van der Waals surface area contributed by atoms with Gasteiger partial charge in [-0.3, -0.25) is 9.52 Å². The second kappa shape index (κ2) is 12.3. The van der Waals surface area contributed by atoms with Crippen molar-refractivity contribution in [3.05, 3.63) is 113 Å². The maximum Gasteiger partial charge on any atom is 0.251 e. The fourth-order valence-corrected chi connectivity index (χ4v) is 4.87. The van der Waals surface area contributed by atoms with Crippen LogP contribution in [0.15, 0.2) is 84.9 Å². The number of carbonyl (C=O) groups excluding carboxylic acids is 1. The molecule has 8 heteroatoms. The molecule has 7 nitrogen and oxygen atoms in total. The predicted octanol–water partition coefficient (Wildman–Crippen LogP) is 6.34. The second-order valence-electron chi connectivity index (χ2n) is 10.1. The minimum atomic E-state index is -3.44. The zero-order valence-electron chi connectivity index (χ0n) is 23.1. The summed E-state index contributed by atoms with van der Waals surface area (Å²) in [7, 11) is -3.44. The summed E-state index contributed by atoms with van der Waals surface area (Å²) < 4.78 is 33.2. The Hall–Kier alpha value is -4.30. The minimum Gasteiger partial charge on any atom is -0.508 e. The Kier molecular flexibility index (Phi) is 8.80. The van der Waals surface area contributed by atoms with Gasteiger partial charge < -0.3 is 15.2 Å². The van der Waals surface area contributed by atoms with Crippen molar-refractivity contribution < 1.29 is 23.1 Å². The van der Waals surface area contributed by atoms with Gasteiger partial charge in [-0.1, -0.05) is 42.5 Å². The van der Waals surface area contributed by atoms with Crippen molar-refractivity contribution in [1.82, 2.24) is 5.32 Å². The highest BCUT2D eigenvalue weighted by Crippen LogP contribution is 2.24. The number of benzene rings is 4. The Labute approximate surface area is 235 Å². The summed E-state index contributed by atoms with van der Waals surface area (Å²) in [6.45, 7) is 7.79. The van der Waals surface area contributed by atoms with Gasteiger partial charge in [0.2, 0.25) is 10.0 Å². The number of aromatic hydroxyl groups is 1. The molecule has 4 aromatic carbocycles. The van der Waals surface area contributed by atoms with Gasteiger partial charge in [-0.15, -0.1) is 0 Å². The highest BCUT2D eigenvalue weighted by Gasteiger charge is 2.16. The van der Waals surface area contributed by atoms with Crippen molar-refractivity contribution >= 4 is 21.6 Å². The lowest BCUT2D eigenvalue weighted by Gasteiger charge is -2.14. The van der Waals surface area contributed by atoms with Crippen LogP contribution in [-0.2, 0) is 23.2 Å². The fraction of sp³-hybridized carbons (Fsp3) is 0.219. The molecule has 0 unspecified atom stereocenters. The van der Waals surface area contributed by atoms with Crippen molar-refractivity contribution in [3.63, 3.8) is 0 Å². The number of carbonyl (C=O) groups is 1. The number of aryl methyl sites for hydroxylation is 2. The second-order valence-corrected chi connectivity index (χ2v) is 12.3. The van der Waals surface area contributed by atoms with Crippen LogP contribution in [0.4, 0.5) is 5.69 Å². The summed E-state index contributed by atoms with van der Waals surface area (Å²) >= 11 is 0. The summed E-state index contributed by atoms with van der Waals surface area (Å²) in [5, 5.41) is 11.9. The highest BCUT2D eigenvalue weighted by molar-refractivity contribution is 7.93. The number of phenolic OH excluding ortho intramolecular Hbond substituents is 1. The number of phenols is 1. The molecule has 0 aliphatic heterocycles. The van der Waals surface area contributed by atoms with E-state index in [9.17, 15) is 18.3 Å². The molecule has 4 aromatic rings. The Morgan fingerprint density at radius 1 is 0.850 bits per heavy atom. The molecule has 40 heavy (non-hydrogen) atoms. The van der Waals surface area contributed by atoms with Crippen LogP contribution in [0.2, 0.25) is 0 Å². The lowest BCUT2D eigenvalue weighted by atomic mass is 10.0. The van der Waals surface area contributed by atoms with Gasteiger partial charge in [-0.2, -0.15) is 0 Å². The van der Waals surface area contributed by atoms with Crippen LogP contribution in [0.3, 0.4) is 0 Å². The van der Waals surface area contributed by atoms with Gasteiger partial charge in [0.1, 0.15) is 18.1 Å². The van der Waals surface area contributed by atoms with E-state index in [0.717, 1.165) is 33.4 Å². The Balaban J connectivity index is 1.34. The summed E-state index contributed by atoms with van der Waals surface area (Å²) in [5.41, 5.74) is 6.66. The SMILES string of the molecule is Cc1cc(COc2ccc(CNC(=O)c3ccc(-c4ccc(O)cc4)cc3)cc2C)cc(NS(=O)(=O)C(C)C)c1. The normalized spacial score (nSPS) is 11.3. The molecule has 0 heterocycles. The standard InChI is InChI=1S/C32H34N2O5S/c1-21(2)40(37,38)34-29-16-22(3)15-25(18-29)20-39-31-14-5-24(17-23(31)4)19-33-32(36)28-8-6-26(7-9-28)27-10-12-30(35)13-11-27/h5-18,21,34-35H,19-20H2,1-4H3,(H,33,36). The Bertz CT molecular complexity index is 1600. The molecular formula is C32H34N2O5S. The van der Waals surface area contributed by atoms with E-state index in [1.807, 2.05) is 62.4 Å². The van der Waals surface area contributed by atoms with Crippen molar-refractivity contribution in [2.75, 3.05) is 4.72 Å². The third-order valence-electron chi connectivity index (χ3n) is 6.45. The average Bonchev–Trinajstić information content (AvgIpc) is 2.91. The highest BCUT2D eigenvalue weighted by atomic mass is 32.2. The zero-order chi connectivity index (χ0) is 28.9. The summed E-state index contributed by atoms with van der Waals surface area (Å²) in [5.74, 6) is 0.758. The van der Waals surface area contributed by atoms with Gasteiger partial charge in [0.25, 0.3) is 5.91 Å². The van der Waals surface area contributed by atoms with E-state index in [4.69, 9.17) is 4.74 Å². The molecule has 0 saturated carbocycles. The lowest BCUT2D eigenvalue weighted by Crippen LogP contribution is -2.22. The van der Waals surface area contributed by atoms with Gasteiger partial charge in [0, 0.05) is 17.8 Å². The monoisotopic (exact) mass is 558 g/mol. The van der Waals surface area contributed by atoms with Crippen LogP contribution in [0.5, 0.6) is 11.5 Å². The van der Waals surface area contributed by atoms with Gasteiger partial charge in [0.05, 0.1) is 5.25 Å². The number of rotatable bonds is 10. The quantitative estimate of drug-likeness (QED) is 0.211. The maximum absolute atomic E-state index is 12.7. The summed E-state index contributed by atoms with van der Waals surface area (Å²) in [4.78, 5) is 12.7. The first-order chi connectivity index (χ1) is 19.0. The smallest absolute Gasteiger partial charge is 0.251 e. The van der Waals surface area contributed by atoms with Gasteiger partial charge in [-0.25, -0.2) is 8.42 Å². The third-order valence-corrected chi connectivity index (χ3v) is 8.21. The predicted molar refractivity (Wildman–Crippen MR) is 159 cm³/mol. The van der Waals surface area contributed by atoms with Crippen LogP contribution >= 0.6 is 0 Å². The van der Waals surface area contributed by atoms with E-state index in [2.05, 4.69) is 10.0 Å². The Morgan fingerprint density at radius 3 is 2.12 bits per heavy atom. The molecule has 3 N–H and O–H groups in total. The first-order valence-electron chi connectivity index (χ1n) is 13.0. The van der Waals surface area contributed by atoms with E-state index >= 15 is 0 Å². The van der Waals surface area contributed by atoms with E-state index in [1.54, 1.807) is 50.2 Å². The lowest BCUT2D eigenvalue weighted by molar-refractivity contribution is 0.0951. The van der Waals surface area contributed by atoms with E-state index in [-0.39, 0.29) is 18.3 Å². The molecule has 0 aromatic heterocycles. The number of anilines is 1. The van der Waals surface area contributed by atoms with E-state index in [0.29, 0.717) is 23.5 Å². The van der Waals surface area contributed by atoms with E-state index in [1.165, 1.54) is 0 Å². The molecule has 0 saturated heterocycles. The fourth-order valence-electron chi connectivity index (χ4n) is 4.18. The number of amides is 1. The molecule has 0 atom stereocenters. The van der Waals surface area contributed by atoms with Crippen LogP contribution in [0, 0.1) is 13.8 Å². The molecule has 0 spiro atoms. The number of hydrogen-bond acceptors (Lipinski definition) is 5. The number of ether oxygens (including phenoxy) is 1. The molecule has 0 fully saturated rings. The molecule has 0 aliphatic carbocycles. The Morgan fingerprint density at radius 2 is 1.50 bits per heavy atom. The molecule has 0 radical (unpaired) electrons. The van der Waals surface area contributed by atoms with Crippen LogP contribution in [0.1, 0.15) is 46.5 Å². The van der Waals surface area contributed by atoms with Crippen molar-refractivity contribution in [2.24, 2.45) is 0 Å². The molecule has 1 amide bonds. The van der Waals surface area contributed by atoms with Crippen LogP contribution in [0.25, 0.3) is 11.1 Å². The van der Waals surface area contributed by atoms with E-state index < -0.39 is 15.3 Å². The van der Waals surface area contributed by atoms with Gasteiger partial charge in [-0.05, 0) is 104 Å². The average molecular weight is 559 g/mol. The van der Waals surface area contributed by atoms with Gasteiger partial charge >= 0.3 is 0 Å². The number of nitrogens with one attached hydrogen (secondary N) is 2. The number of sulfonamides is 1. The maximum atomic E-state index is 12.7. The first-order valence-corrected chi connectivity index (χ1v) is 14.6. The zero-order valence-corrected chi connectivity index (χ0v) is 23.9. The van der Waals surface area contributed by atoms with Crippen LogP contribution < -0.4 is 14.8 Å². The molecular weight excluding hydrogens is 524 g/mol. The summed E-state index contributed by atoms with van der Waals surface area (Å²) in [6.07, 6.45) is 0. The van der Waals surface area contributed by atoms with Crippen molar-refractivity contribution in [3.8, 4) is 22.6 Å². The first kappa shape index (κ1) is 28.7. The van der Waals surface area contributed by atoms with Crippen LogP contribution in [-0.4, -0.2) is 24.7 Å². The molecule has 4 rings (SSSR count). The molecule has 0 bridgehead atoms. The number of hydrogen-bond donors (Lipinski definition) is 3. The van der Waals surface area contributed by atoms with Crippen molar-refractivity contribution in [2.45, 2.75) is 46.1 Å². The minimum absolute atomic E-state index is 0.168. The van der Waals surface area contributed by atoms with Gasteiger partial charge in [0.15, 0.2) is 0 Å².